The monoisotopic (exact) mass is 282 g/mol. The number of hydrogen-bond acceptors (Lipinski definition) is 0. The maximum Gasteiger partial charge on any atom is -0.0443 e. The first-order chi connectivity index (χ1) is 9.49. The summed E-state index contributed by atoms with van der Waals surface area (Å²) in [6, 6.07) is 0. The first kappa shape index (κ1) is 20.0. The van der Waals surface area contributed by atoms with Crippen LogP contribution in [0.1, 0.15) is 106 Å². The molecule has 0 heterocycles. The Kier molecular flexibility index (Phi) is 12.7. The lowest BCUT2D eigenvalue weighted by atomic mass is 9.90. The molecule has 20 heavy (non-hydrogen) atoms. The molecule has 0 spiro atoms. The Balaban J connectivity index is 3.48. The Morgan fingerprint density at radius 3 is 1.20 bits per heavy atom. The van der Waals surface area contributed by atoms with Crippen LogP contribution in [0, 0.1) is 23.7 Å². The fraction of sp³-hybridized carbons (Fsp3) is 1.00. The summed E-state index contributed by atoms with van der Waals surface area (Å²) in [4.78, 5) is 0. The lowest BCUT2D eigenvalue weighted by Crippen LogP contribution is -2.02. The van der Waals surface area contributed by atoms with Gasteiger partial charge in [-0.15, -0.1) is 0 Å². The van der Waals surface area contributed by atoms with Crippen molar-refractivity contribution in [1.29, 1.82) is 0 Å². The van der Waals surface area contributed by atoms with Gasteiger partial charge in [0.05, 0.1) is 0 Å². The van der Waals surface area contributed by atoms with E-state index in [0.29, 0.717) is 0 Å². The Hall–Kier alpha value is 0. The predicted molar refractivity (Wildman–Crippen MR) is 94.2 cm³/mol. The second-order valence-corrected chi connectivity index (χ2v) is 7.68. The summed E-state index contributed by atoms with van der Waals surface area (Å²) in [5.41, 5.74) is 0. The van der Waals surface area contributed by atoms with Crippen molar-refractivity contribution in [2.24, 2.45) is 23.7 Å². The summed E-state index contributed by atoms with van der Waals surface area (Å²) < 4.78 is 0. The van der Waals surface area contributed by atoms with Crippen LogP contribution in [0.3, 0.4) is 0 Å². The van der Waals surface area contributed by atoms with Crippen molar-refractivity contribution in [3.8, 4) is 0 Å². The molecule has 0 bridgehead atoms. The second-order valence-electron chi connectivity index (χ2n) is 7.68. The molecule has 0 amide bonds. The molecule has 0 saturated carbocycles. The van der Waals surface area contributed by atoms with E-state index < -0.39 is 0 Å². The van der Waals surface area contributed by atoms with Gasteiger partial charge >= 0.3 is 0 Å². The van der Waals surface area contributed by atoms with Crippen molar-refractivity contribution in [2.45, 2.75) is 106 Å². The van der Waals surface area contributed by atoms with Crippen molar-refractivity contribution >= 4 is 0 Å². The Morgan fingerprint density at radius 2 is 0.750 bits per heavy atom. The normalized spacial score (nSPS) is 17.7. The smallest absolute Gasteiger partial charge is 0.0443 e. The van der Waals surface area contributed by atoms with E-state index in [1.54, 1.807) is 0 Å². The largest absolute Gasteiger partial charge is 0.0651 e. The summed E-state index contributed by atoms with van der Waals surface area (Å²) in [6.07, 6.45) is 14.3. The highest BCUT2D eigenvalue weighted by Gasteiger charge is 2.08. The topological polar surface area (TPSA) is 0 Å². The zero-order valence-electron chi connectivity index (χ0n) is 15.4. The summed E-state index contributed by atoms with van der Waals surface area (Å²) in [7, 11) is 0. The average molecular weight is 283 g/mol. The van der Waals surface area contributed by atoms with Gasteiger partial charge in [-0.1, -0.05) is 106 Å². The van der Waals surface area contributed by atoms with E-state index in [4.69, 9.17) is 0 Å². The van der Waals surface area contributed by atoms with Crippen molar-refractivity contribution < 1.29 is 0 Å². The fourth-order valence-electron chi connectivity index (χ4n) is 2.90. The summed E-state index contributed by atoms with van der Waals surface area (Å²) in [5.74, 6) is 3.75. The molecule has 0 rings (SSSR count). The van der Waals surface area contributed by atoms with E-state index >= 15 is 0 Å². The van der Waals surface area contributed by atoms with Gasteiger partial charge in [0.15, 0.2) is 0 Å². The van der Waals surface area contributed by atoms with Gasteiger partial charge in [-0.2, -0.15) is 0 Å². The minimum atomic E-state index is 0.928. The van der Waals surface area contributed by atoms with Gasteiger partial charge < -0.3 is 0 Å². The van der Waals surface area contributed by atoms with Gasteiger partial charge in [-0.05, 0) is 23.7 Å². The van der Waals surface area contributed by atoms with Gasteiger partial charge in [0.1, 0.15) is 0 Å². The average Bonchev–Trinajstić information content (AvgIpc) is 2.44. The molecular weight excluding hydrogens is 240 g/mol. The summed E-state index contributed by atoms with van der Waals surface area (Å²) in [5, 5.41) is 0. The first-order valence-corrected chi connectivity index (χ1v) is 9.49. The van der Waals surface area contributed by atoms with E-state index in [9.17, 15) is 0 Å². The van der Waals surface area contributed by atoms with Crippen LogP contribution in [0.4, 0.5) is 0 Å². The summed E-state index contributed by atoms with van der Waals surface area (Å²) >= 11 is 0. The van der Waals surface area contributed by atoms with Crippen molar-refractivity contribution in [2.75, 3.05) is 0 Å². The lowest BCUT2D eigenvalue weighted by Gasteiger charge is -2.16. The van der Waals surface area contributed by atoms with Crippen LogP contribution >= 0.6 is 0 Å². The second kappa shape index (κ2) is 12.7. The summed E-state index contributed by atoms with van der Waals surface area (Å²) in [6.45, 7) is 14.3. The van der Waals surface area contributed by atoms with E-state index in [0.717, 1.165) is 23.7 Å². The maximum atomic E-state index is 2.46. The maximum absolute atomic E-state index is 2.46. The van der Waals surface area contributed by atoms with E-state index in [-0.39, 0.29) is 0 Å². The number of rotatable bonds is 13. The van der Waals surface area contributed by atoms with Gasteiger partial charge in [0.25, 0.3) is 0 Å². The molecule has 0 radical (unpaired) electrons. The molecule has 0 N–H and O–H groups in total. The zero-order chi connectivity index (χ0) is 15.4. The molecule has 0 nitrogen and oxygen atoms in total. The Labute approximate surface area is 130 Å². The molecule has 0 saturated heterocycles. The highest BCUT2D eigenvalue weighted by atomic mass is 14.1. The van der Waals surface area contributed by atoms with E-state index in [1.165, 1.54) is 64.2 Å². The molecule has 0 aliphatic carbocycles. The third-order valence-corrected chi connectivity index (χ3v) is 5.33. The van der Waals surface area contributed by atoms with Crippen LogP contribution in [0.2, 0.25) is 0 Å². The highest BCUT2D eigenvalue weighted by molar-refractivity contribution is 4.61. The molecule has 0 heteroatoms. The van der Waals surface area contributed by atoms with Crippen LogP contribution in [-0.4, -0.2) is 0 Å². The third-order valence-electron chi connectivity index (χ3n) is 5.33. The quantitative estimate of drug-likeness (QED) is 0.328. The molecule has 0 aliphatic rings. The SMILES string of the molecule is CCC(C)CCCC(C)CCCC(C)CCC(C)CC. The van der Waals surface area contributed by atoms with Gasteiger partial charge in [0, 0.05) is 0 Å². The fourth-order valence-corrected chi connectivity index (χ4v) is 2.90. The van der Waals surface area contributed by atoms with Gasteiger partial charge in [-0.3, -0.25) is 0 Å². The van der Waals surface area contributed by atoms with Crippen molar-refractivity contribution in [1.82, 2.24) is 0 Å². The Bertz CT molecular complexity index is 196. The molecule has 0 aromatic carbocycles. The molecule has 0 fully saturated rings. The molecule has 4 atom stereocenters. The minimum absolute atomic E-state index is 0.928. The van der Waals surface area contributed by atoms with E-state index in [1.807, 2.05) is 0 Å². The highest BCUT2D eigenvalue weighted by Crippen LogP contribution is 2.23. The van der Waals surface area contributed by atoms with Gasteiger partial charge in [-0.25, -0.2) is 0 Å². The molecule has 0 aliphatic heterocycles. The van der Waals surface area contributed by atoms with Crippen LogP contribution in [-0.2, 0) is 0 Å². The standard InChI is InChI=1S/C20H42/c1-7-17(3)11-9-12-19(5)13-10-14-20(6)16-15-18(4)8-2/h17-20H,7-16H2,1-6H3. The van der Waals surface area contributed by atoms with Crippen molar-refractivity contribution in [3.05, 3.63) is 0 Å². The van der Waals surface area contributed by atoms with Crippen LogP contribution in [0.25, 0.3) is 0 Å². The van der Waals surface area contributed by atoms with Crippen LogP contribution < -0.4 is 0 Å². The van der Waals surface area contributed by atoms with Crippen LogP contribution in [0.15, 0.2) is 0 Å². The Morgan fingerprint density at radius 1 is 0.450 bits per heavy atom. The zero-order valence-corrected chi connectivity index (χ0v) is 15.4. The third kappa shape index (κ3) is 11.8. The molecule has 0 aromatic rings. The minimum Gasteiger partial charge on any atom is -0.0651 e. The lowest BCUT2D eigenvalue weighted by molar-refractivity contribution is 0.366. The van der Waals surface area contributed by atoms with Crippen LogP contribution in [0.5, 0.6) is 0 Å². The molecule has 4 unspecified atom stereocenters. The molecule has 0 aromatic heterocycles. The van der Waals surface area contributed by atoms with E-state index in [2.05, 4.69) is 41.5 Å². The molecular formula is C20H42. The first-order valence-electron chi connectivity index (χ1n) is 9.49. The van der Waals surface area contributed by atoms with Gasteiger partial charge in [0.2, 0.25) is 0 Å². The number of hydrogen-bond donors (Lipinski definition) is 0. The molecule has 122 valence electrons. The predicted octanol–water partition coefficient (Wildman–Crippen LogP) is 7.47. The van der Waals surface area contributed by atoms with Crippen molar-refractivity contribution in [3.63, 3.8) is 0 Å².